The number of nitrogens with zero attached hydrogens (tertiary/aromatic N) is 1. The maximum absolute atomic E-state index is 12.0. The molecule has 1 aliphatic rings. The number of hydrogen-bond donors (Lipinski definition) is 2. The molecule has 0 aromatic heterocycles. The number of primary amides is 1. The summed E-state index contributed by atoms with van der Waals surface area (Å²) in [6.07, 6.45) is 5.36. The molecule has 1 atom stereocenters. The van der Waals surface area contributed by atoms with Crippen LogP contribution in [0.5, 0.6) is 0 Å². The van der Waals surface area contributed by atoms with Gasteiger partial charge in [0.15, 0.2) is 0 Å². The average Bonchev–Trinajstić information content (AvgIpc) is 3.00. The lowest BCUT2D eigenvalue weighted by atomic mass is 10.0. The number of carbonyl (C=O) groups is 2. The maximum Gasteiger partial charge on any atom is 0.240 e. The van der Waals surface area contributed by atoms with Crippen molar-refractivity contribution in [2.45, 2.75) is 44.6 Å². The number of carbonyl (C=O) groups excluding carboxylic acids is 2. The Morgan fingerprint density at radius 1 is 1.27 bits per heavy atom. The van der Waals surface area contributed by atoms with E-state index in [1.165, 1.54) is 12.8 Å². The number of nitrogens with two attached hydrogens (primary N) is 1. The van der Waals surface area contributed by atoms with Gasteiger partial charge in [0.25, 0.3) is 0 Å². The Kier molecular flexibility index (Phi) is 5.54. The summed E-state index contributed by atoms with van der Waals surface area (Å²) >= 11 is 0. The number of rotatable bonds is 6. The van der Waals surface area contributed by atoms with Crippen LogP contribution in [-0.4, -0.2) is 17.9 Å². The smallest absolute Gasteiger partial charge is 0.240 e. The highest BCUT2D eigenvalue weighted by Gasteiger charge is 2.22. The minimum absolute atomic E-state index is 0.107. The van der Waals surface area contributed by atoms with Gasteiger partial charge in [-0.05, 0) is 36.5 Å². The normalized spacial score (nSPS) is 16.0. The molecular weight excluding hydrogens is 278 g/mol. The Morgan fingerprint density at radius 3 is 2.45 bits per heavy atom. The van der Waals surface area contributed by atoms with E-state index in [1.54, 1.807) is 24.3 Å². The maximum atomic E-state index is 12.0. The van der Waals surface area contributed by atoms with Gasteiger partial charge >= 0.3 is 0 Å². The first kappa shape index (κ1) is 16.0. The SMILES string of the molecule is N#Cc1ccc(C[C@@H](NC(=O)CC2CCCC2)C(N)=O)cc1. The second kappa shape index (κ2) is 7.60. The van der Waals surface area contributed by atoms with E-state index < -0.39 is 11.9 Å². The van der Waals surface area contributed by atoms with Gasteiger partial charge in [0.05, 0.1) is 11.6 Å². The fraction of sp³-hybridized carbons (Fsp3) is 0.471. The summed E-state index contributed by atoms with van der Waals surface area (Å²) in [6.45, 7) is 0. The van der Waals surface area contributed by atoms with Crippen LogP contribution in [0.25, 0.3) is 0 Å². The van der Waals surface area contributed by atoms with Gasteiger partial charge in [-0.3, -0.25) is 9.59 Å². The second-order valence-electron chi connectivity index (χ2n) is 5.89. The van der Waals surface area contributed by atoms with Gasteiger partial charge in [-0.2, -0.15) is 5.26 Å². The summed E-state index contributed by atoms with van der Waals surface area (Å²) in [5, 5.41) is 11.5. The van der Waals surface area contributed by atoms with Crippen LogP contribution in [0.1, 0.15) is 43.2 Å². The summed E-state index contributed by atoms with van der Waals surface area (Å²) < 4.78 is 0. The predicted molar refractivity (Wildman–Crippen MR) is 82.6 cm³/mol. The van der Waals surface area contributed by atoms with E-state index in [0.29, 0.717) is 24.3 Å². The highest BCUT2D eigenvalue weighted by molar-refractivity contribution is 5.86. The molecule has 0 unspecified atom stereocenters. The van der Waals surface area contributed by atoms with Crippen LogP contribution in [0, 0.1) is 17.2 Å². The average molecular weight is 299 g/mol. The molecule has 1 fully saturated rings. The minimum Gasteiger partial charge on any atom is -0.368 e. The van der Waals surface area contributed by atoms with Crippen molar-refractivity contribution in [2.24, 2.45) is 11.7 Å². The molecular formula is C17H21N3O2. The minimum atomic E-state index is -0.707. The molecule has 0 bridgehead atoms. The molecule has 1 aliphatic carbocycles. The van der Waals surface area contributed by atoms with Crippen molar-refractivity contribution in [1.29, 1.82) is 5.26 Å². The molecule has 116 valence electrons. The molecule has 22 heavy (non-hydrogen) atoms. The van der Waals surface area contributed by atoms with Gasteiger partial charge in [-0.25, -0.2) is 0 Å². The van der Waals surface area contributed by atoms with Gasteiger partial charge in [-0.15, -0.1) is 0 Å². The lowest BCUT2D eigenvalue weighted by molar-refractivity contribution is -0.127. The van der Waals surface area contributed by atoms with Crippen LogP contribution >= 0.6 is 0 Å². The van der Waals surface area contributed by atoms with Crippen molar-refractivity contribution in [3.8, 4) is 6.07 Å². The van der Waals surface area contributed by atoms with Crippen LogP contribution in [-0.2, 0) is 16.0 Å². The van der Waals surface area contributed by atoms with E-state index in [4.69, 9.17) is 11.0 Å². The third kappa shape index (κ3) is 4.59. The zero-order chi connectivity index (χ0) is 15.9. The molecule has 1 aromatic carbocycles. The molecule has 0 radical (unpaired) electrons. The number of benzene rings is 1. The molecule has 2 amide bonds. The van der Waals surface area contributed by atoms with Crippen LogP contribution in [0.2, 0.25) is 0 Å². The van der Waals surface area contributed by atoms with Crippen molar-refractivity contribution >= 4 is 11.8 Å². The van der Waals surface area contributed by atoms with Crippen molar-refractivity contribution in [1.82, 2.24) is 5.32 Å². The molecule has 0 aliphatic heterocycles. The van der Waals surface area contributed by atoms with Gasteiger partial charge in [0.1, 0.15) is 6.04 Å². The zero-order valence-corrected chi connectivity index (χ0v) is 12.5. The van der Waals surface area contributed by atoms with Gasteiger partial charge in [0, 0.05) is 12.8 Å². The molecule has 3 N–H and O–H groups in total. The first-order valence-corrected chi connectivity index (χ1v) is 7.66. The molecule has 5 nitrogen and oxygen atoms in total. The largest absolute Gasteiger partial charge is 0.368 e. The molecule has 2 rings (SSSR count). The summed E-state index contributed by atoms with van der Waals surface area (Å²) in [5.74, 6) is -0.211. The highest BCUT2D eigenvalue weighted by atomic mass is 16.2. The van der Waals surface area contributed by atoms with Crippen LogP contribution < -0.4 is 11.1 Å². The number of nitrogens with one attached hydrogen (secondary N) is 1. The molecule has 1 saturated carbocycles. The lowest BCUT2D eigenvalue weighted by Crippen LogP contribution is -2.46. The van der Waals surface area contributed by atoms with E-state index in [1.807, 2.05) is 6.07 Å². The monoisotopic (exact) mass is 299 g/mol. The Labute approximate surface area is 130 Å². The van der Waals surface area contributed by atoms with Gasteiger partial charge in [0.2, 0.25) is 11.8 Å². The fourth-order valence-electron chi connectivity index (χ4n) is 2.90. The molecule has 0 heterocycles. The first-order valence-electron chi connectivity index (χ1n) is 7.66. The molecule has 5 heteroatoms. The number of nitriles is 1. The topological polar surface area (TPSA) is 96.0 Å². The first-order chi connectivity index (χ1) is 10.6. The molecule has 0 saturated heterocycles. The zero-order valence-electron chi connectivity index (χ0n) is 12.5. The van der Waals surface area contributed by atoms with E-state index in [0.717, 1.165) is 18.4 Å². The second-order valence-corrected chi connectivity index (χ2v) is 5.89. The van der Waals surface area contributed by atoms with Crippen molar-refractivity contribution in [2.75, 3.05) is 0 Å². The summed E-state index contributed by atoms with van der Waals surface area (Å²) in [5.41, 5.74) is 6.82. The van der Waals surface area contributed by atoms with E-state index in [9.17, 15) is 9.59 Å². The van der Waals surface area contributed by atoms with Crippen molar-refractivity contribution in [3.05, 3.63) is 35.4 Å². The standard InChI is InChI=1S/C17H21N3O2/c18-11-14-7-5-13(6-8-14)9-15(17(19)22)20-16(21)10-12-3-1-2-4-12/h5-8,12,15H,1-4,9-10H2,(H2,19,22)(H,20,21)/t15-/m1/s1. The van der Waals surface area contributed by atoms with E-state index >= 15 is 0 Å². The molecule has 1 aromatic rings. The molecule has 0 spiro atoms. The third-order valence-corrected chi connectivity index (χ3v) is 4.15. The summed E-state index contributed by atoms with van der Waals surface area (Å²) in [7, 11) is 0. The van der Waals surface area contributed by atoms with Gasteiger partial charge in [-0.1, -0.05) is 25.0 Å². The van der Waals surface area contributed by atoms with Crippen LogP contribution in [0.4, 0.5) is 0 Å². The third-order valence-electron chi connectivity index (χ3n) is 4.15. The van der Waals surface area contributed by atoms with Crippen molar-refractivity contribution < 1.29 is 9.59 Å². The Bertz CT molecular complexity index is 569. The van der Waals surface area contributed by atoms with Crippen LogP contribution in [0.3, 0.4) is 0 Å². The van der Waals surface area contributed by atoms with E-state index in [2.05, 4.69) is 5.32 Å². The van der Waals surface area contributed by atoms with Crippen molar-refractivity contribution in [3.63, 3.8) is 0 Å². The van der Waals surface area contributed by atoms with E-state index in [-0.39, 0.29) is 5.91 Å². The predicted octanol–water partition coefficient (Wildman–Crippen LogP) is 1.65. The Morgan fingerprint density at radius 2 is 1.91 bits per heavy atom. The Balaban J connectivity index is 1.92. The Hall–Kier alpha value is -2.35. The summed E-state index contributed by atoms with van der Waals surface area (Å²) in [6, 6.07) is 8.26. The number of amides is 2. The fourth-order valence-corrected chi connectivity index (χ4v) is 2.90. The number of hydrogen-bond acceptors (Lipinski definition) is 3. The quantitative estimate of drug-likeness (QED) is 0.836. The lowest BCUT2D eigenvalue weighted by Gasteiger charge is -2.17. The highest BCUT2D eigenvalue weighted by Crippen LogP contribution is 2.27. The van der Waals surface area contributed by atoms with Crippen LogP contribution in [0.15, 0.2) is 24.3 Å². The summed E-state index contributed by atoms with van der Waals surface area (Å²) in [4.78, 5) is 23.6. The van der Waals surface area contributed by atoms with Gasteiger partial charge < -0.3 is 11.1 Å².